The second-order valence-corrected chi connectivity index (χ2v) is 4.97. The van der Waals surface area contributed by atoms with E-state index in [9.17, 15) is 4.79 Å². The Morgan fingerprint density at radius 3 is 2.38 bits per heavy atom. The van der Waals surface area contributed by atoms with Gasteiger partial charge in [-0.1, -0.05) is 31.9 Å². The molecule has 1 aromatic rings. The minimum atomic E-state index is -0.133. The van der Waals surface area contributed by atoms with Crippen molar-refractivity contribution in [1.82, 2.24) is 4.90 Å². The van der Waals surface area contributed by atoms with Gasteiger partial charge in [0.25, 0.3) is 5.91 Å². The second kappa shape index (κ2) is 6.02. The van der Waals surface area contributed by atoms with E-state index in [0.29, 0.717) is 12.1 Å². The number of benzene rings is 1. The van der Waals surface area contributed by atoms with Gasteiger partial charge >= 0.3 is 0 Å². The van der Waals surface area contributed by atoms with Crippen molar-refractivity contribution >= 4 is 37.8 Å². The van der Waals surface area contributed by atoms with E-state index in [2.05, 4.69) is 31.9 Å². The zero-order chi connectivity index (χ0) is 12.1. The molecule has 16 heavy (non-hydrogen) atoms. The van der Waals surface area contributed by atoms with Crippen molar-refractivity contribution in [3.05, 3.63) is 32.7 Å². The first kappa shape index (κ1) is 13.2. The third-order valence-corrected chi connectivity index (χ3v) is 2.96. The molecule has 0 unspecified atom stereocenters. The standard InChI is InChI=1S/C11H10Br2N2O/c1-2-15(4-3-14)11(16)8-5-9(12)7-10(13)6-8/h5-7H,2,4H2,1H3. The molecule has 0 fully saturated rings. The van der Waals surface area contributed by atoms with Gasteiger partial charge in [0.05, 0.1) is 6.07 Å². The summed E-state index contributed by atoms with van der Waals surface area (Å²) in [5.74, 6) is -0.133. The Kier molecular flexibility index (Phi) is 4.97. The summed E-state index contributed by atoms with van der Waals surface area (Å²) < 4.78 is 1.66. The molecule has 0 saturated carbocycles. The van der Waals surface area contributed by atoms with E-state index in [4.69, 9.17) is 5.26 Å². The van der Waals surface area contributed by atoms with Crippen molar-refractivity contribution in [1.29, 1.82) is 5.26 Å². The van der Waals surface area contributed by atoms with E-state index in [1.165, 1.54) is 4.90 Å². The molecule has 3 nitrogen and oxygen atoms in total. The van der Waals surface area contributed by atoms with Crippen LogP contribution in [0, 0.1) is 11.3 Å². The molecule has 0 bridgehead atoms. The number of amides is 1. The quantitative estimate of drug-likeness (QED) is 0.789. The predicted octanol–water partition coefficient (Wildman–Crippen LogP) is 3.20. The SMILES string of the molecule is CCN(CC#N)C(=O)c1cc(Br)cc(Br)c1. The minimum Gasteiger partial charge on any atom is -0.326 e. The van der Waals surface area contributed by atoms with Crippen LogP contribution in [0.15, 0.2) is 27.1 Å². The van der Waals surface area contributed by atoms with Crippen LogP contribution in [0.1, 0.15) is 17.3 Å². The van der Waals surface area contributed by atoms with Crippen molar-refractivity contribution < 1.29 is 4.79 Å². The van der Waals surface area contributed by atoms with Crippen molar-refractivity contribution in [2.24, 2.45) is 0 Å². The molecule has 0 aliphatic rings. The number of nitrogens with zero attached hydrogens (tertiary/aromatic N) is 2. The zero-order valence-electron chi connectivity index (χ0n) is 8.70. The highest BCUT2D eigenvalue weighted by atomic mass is 79.9. The van der Waals surface area contributed by atoms with Gasteiger partial charge in [0.15, 0.2) is 0 Å². The summed E-state index contributed by atoms with van der Waals surface area (Å²) in [5.41, 5.74) is 0.568. The topological polar surface area (TPSA) is 44.1 Å². The lowest BCUT2D eigenvalue weighted by Crippen LogP contribution is -2.31. The molecule has 1 rings (SSSR count). The molecule has 0 spiro atoms. The Hall–Kier alpha value is -0.860. The lowest BCUT2D eigenvalue weighted by molar-refractivity contribution is 0.0784. The van der Waals surface area contributed by atoms with E-state index in [1.807, 2.05) is 19.1 Å². The Bertz CT molecular complexity index is 420. The van der Waals surface area contributed by atoms with E-state index >= 15 is 0 Å². The maximum absolute atomic E-state index is 12.0. The van der Waals surface area contributed by atoms with Gasteiger partial charge in [-0.2, -0.15) is 5.26 Å². The molecule has 0 N–H and O–H groups in total. The van der Waals surface area contributed by atoms with Gasteiger partial charge in [0, 0.05) is 21.1 Å². The molecular weight excluding hydrogens is 336 g/mol. The van der Waals surface area contributed by atoms with Crippen molar-refractivity contribution in [3.8, 4) is 6.07 Å². The number of hydrogen-bond donors (Lipinski definition) is 0. The van der Waals surface area contributed by atoms with Crippen molar-refractivity contribution in [2.75, 3.05) is 13.1 Å². The van der Waals surface area contributed by atoms with Crippen LogP contribution in [-0.2, 0) is 0 Å². The molecule has 0 saturated heterocycles. The first-order valence-electron chi connectivity index (χ1n) is 4.70. The highest BCUT2D eigenvalue weighted by Crippen LogP contribution is 2.21. The Morgan fingerprint density at radius 1 is 1.38 bits per heavy atom. The number of hydrogen-bond acceptors (Lipinski definition) is 2. The first-order chi connectivity index (χ1) is 7.58. The van der Waals surface area contributed by atoms with Crippen LogP contribution >= 0.6 is 31.9 Å². The number of nitriles is 1. The summed E-state index contributed by atoms with van der Waals surface area (Å²) in [4.78, 5) is 13.5. The van der Waals surface area contributed by atoms with Crippen LogP contribution < -0.4 is 0 Å². The number of rotatable bonds is 3. The molecule has 0 atom stereocenters. The number of carbonyl (C=O) groups excluding carboxylic acids is 1. The van der Waals surface area contributed by atoms with Crippen LogP contribution in [0.25, 0.3) is 0 Å². The Labute approximate surface area is 111 Å². The average molecular weight is 346 g/mol. The smallest absolute Gasteiger partial charge is 0.254 e. The lowest BCUT2D eigenvalue weighted by atomic mass is 10.2. The molecule has 1 amide bonds. The maximum Gasteiger partial charge on any atom is 0.254 e. The summed E-state index contributed by atoms with van der Waals surface area (Å²) in [5, 5.41) is 8.61. The molecule has 84 valence electrons. The van der Waals surface area contributed by atoms with Crippen LogP contribution in [-0.4, -0.2) is 23.9 Å². The van der Waals surface area contributed by atoms with Crippen molar-refractivity contribution in [2.45, 2.75) is 6.92 Å². The maximum atomic E-state index is 12.0. The fraction of sp³-hybridized carbons (Fsp3) is 0.273. The summed E-state index contributed by atoms with van der Waals surface area (Å²) in [6.45, 7) is 2.48. The molecular formula is C11H10Br2N2O. The van der Waals surface area contributed by atoms with E-state index in [1.54, 1.807) is 12.1 Å². The Morgan fingerprint density at radius 2 is 1.94 bits per heavy atom. The number of carbonyl (C=O) groups is 1. The van der Waals surface area contributed by atoms with Gasteiger partial charge < -0.3 is 4.90 Å². The van der Waals surface area contributed by atoms with Gasteiger partial charge in [-0.3, -0.25) is 4.79 Å². The molecule has 5 heteroatoms. The lowest BCUT2D eigenvalue weighted by Gasteiger charge is -2.17. The number of halogens is 2. The van der Waals surface area contributed by atoms with Crippen LogP contribution in [0.4, 0.5) is 0 Å². The fourth-order valence-corrected chi connectivity index (χ4v) is 2.57. The fourth-order valence-electron chi connectivity index (χ4n) is 1.27. The molecule has 0 aliphatic carbocycles. The highest BCUT2D eigenvalue weighted by Gasteiger charge is 2.14. The minimum absolute atomic E-state index is 0.111. The molecule has 0 radical (unpaired) electrons. The van der Waals surface area contributed by atoms with Crippen LogP contribution in [0.3, 0.4) is 0 Å². The van der Waals surface area contributed by atoms with Gasteiger partial charge in [0.1, 0.15) is 6.54 Å². The van der Waals surface area contributed by atoms with E-state index in [0.717, 1.165) is 8.95 Å². The molecule has 0 aromatic heterocycles. The third-order valence-electron chi connectivity index (χ3n) is 2.04. The largest absolute Gasteiger partial charge is 0.326 e. The third kappa shape index (κ3) is 3.32. The predicted molar refractivity (Wildman–Crippen MR) is 69.0 cm³/mol. The van der Waals surface area contributed by atoms with E-state index < -0.39 is 0 Å². The summed E-state index contributed by atoms with van der Waals surface area (Å²) in [6.07, 6.45) is 0. The first-order valence-corrected chi connectivity index (χ1v) is 6.29. The van der Waals surface area contributed by atoms with Gasteiger partial charge in [-0.15, -0.1) is 0 Å². The summed E-state index contributed by atoms with van der Waals surface area (Å²) in [6, 6.07) is 7.33. The molecule has 1 aromatic carbocycles. The second-order valence-electron chi connectivity index (χ2n) is 3.14. The zero-order valence-corrected chi connectivity index (χ0v) is 11.9. The monoisotopic (exact) mass is 344 g/mol. The summed E-state index contributed by atoms with van der Waals surface area (Å²) in [7, 11) is 0. The van der Waals surface area contributed by atoms with E-state index in [-0.39, 0.29) is 12.5 Å². The van der Waals surface area contributed by atoms with Gasteiger partial charge in [-0.05, 0) is 25.1 Å². The molecule has 0 aliphatic heterocycles. The highest BCUT2D eigenvalue weighted by molar-refractivity contribution is 9.11. The van der Waals surface area contributed by atoms with Gasteiger partial charge in [-0.25, -0.2) is 0 Å². The average Bonchev–Trinajstić information content (AvgIpc) is 2.23. The van der Waals surface area contributed by atoms with Crippen LogP contribution in [0.5, 0.6) is 0 Å². The Balaban J connectivity index is 2.99. The van der Waals surface area contributed by atoms with Crippen molar-refractivity contribution in [3.63, 3.8) is 0 Å². The summed E-state index contributed by atoms with van der Waals surface area (Å²) >= 11 is 6.65. The van der Waals surface area contributed by atoms with Crippen LogP contribution in [0.2, 0.25) is 0 Å². The molecule has 0 heterocycles. The van der Waals surface area contributed by atoms with Gasteiger partial charge in [0.2, 0.25) is 0 Å². The normalized spacial score (nSPS) is 9.62.